The lowest BCUT2D eigenvalue weighted by Gasteiger charge is -2.12. The zero-order valence-corrected chi connectivity index (χ0v) is 15.2. The van der Waals surface area contributed by atoms with Crippen LogP contribution in [0.2, 0.25) is 0 Å². The van der Waals surface area contributed by atoms with E-state index in [-0.39, 0.29) is 16.9 Å². The molecular weight excluding hydrogens is 318 g/mol. The number of hydrogen-bond donors (Lipinski definition) is 1. The molecule has 0 aromatic heterocycles. The van der Waals surface area contributed by atoms with Crippen LogP contribution in [0.1, 0.15) is 35.3 Å². The zero-order valence-electron chi connectivity index (χ0n) is 14.3. The summed E-state index contributed by atoms with van der Waals surface area (Å²) in [5.41, 5.74) is 3.03. The molecule has 0 bridgehead atoms. The van der Waals surface area contributed by atoms with Gasteiger partial charge >= 0.3 is 0 Å². The van der Waals surface area contributed by atoms with Gasteiger partial charge in [0.05, 0.1) is 5.25 Å². The Morgan fingerprint density at radius 2 is 1.75 bits per heavy atom. The van der Waals surface area contributed by atoms with Crippen molar-refractivity contribution in [2.45, 2.75) is 37.3 Å². The van der Waals surface area contributed by atoms with Gasteiger partial charge in [0.15, 0.2) is 5.78 Å². The van der Waals surface area contributed by atoms with Crippen molar-refractivity contribution in [1.82, 2.24) is 5.32 Å². The van der Waals surface area contributed by atoms with Gasteiger partial charge in [-0.2, -0.15) is 0 Å². The predicted molar refractivity (Wildman–Crippen MR) is 99.7 cm³/mol. The smallest absolute Gasteiger partial charge is 0.216 e. The maximum atomic E-state index is 12.6. The first-order chi connectivity index (χ1) is 11.5. The molecule has 0 saturated carbocycles. The Bertz CT molecular complexity index is 710. The standard InChI is InChI=1S/C20H23NO2S/c1-14-6-4-5-7-19(14)24-15(2)20(23)18-10-8-17(9-11-18)12-13-21-16(3)22/h4-11,15H,12-13H2,1-3H3,(H,21,22). The largest absolute Gasteiger partial charge is 0.356 e. The number of thioether (sulfide) groups is 1. The van der Waals surface area contributed by atoms with Gasteiger partial charge in [0.1, 0.15) is 0 Å². The number of rotatable bonds is 7. The fourth-order valence-electron chi connectivity index (χ4n) is 2.39. The third kappa shape index (κ3) is 5.24. The molecule has 0 aliphatic heterocycles. The molecule has 1 N–H and O–H groups in total. The molecule has 24 heavy (non-hydrogen) atoms. The van der Waals surface area contributed by atoms with Crippen molar-refractivity contribution in [3.05, 3.63) is 65.2 Å². The second-order valence-corrected chi connectivity index (χ2v) is 7.20. The number of ketones is 1. The zero-order chi connectivity index (χ0) is 17.5. The lowest BCUT2D eigenvalue weighted by molar-refractivity contribution is -0.118. The predicted octanol–water partition coefficient (Wildman–Crippen LogP) is 4.04. The van der Waals surface area contributed by atoms with E-state index in [9.17, 15) is 9.59 Å². The van der Waals surface area contributed by atoms with Gasteiger partial charge in [-0.15, -0.1) is 11.8 Å². The van der Waals surface area contributed by atoms with Crippen LogP contribution in [0.3, 0.4) is 0 Å². The Morgan fingerprint density at radius 1 is 1.08 bits per heavy atom. The molecule has 0 aliphatic carbocycles. The van der Waals surface area contributed by atoms with E-state index >= 15 is 0 Å². The number of nitrogens with one attached hydrogen (secondary N) is 1. The molecule has 2 aromatic rings. The maximum Gasteiger partial charge on any atom is 0.216 e. The normalized spacial score (nSPS) is 11.8. The molecule has 3 nitrogen and oxygen atoms in total. The Morgan fingerprint density at radius 3 is 2.38 bits per heavy atom. The molecule has 1 amide bonds. The molecule has 2 aromatic carbocycles. The van der Waals surface area contributed by atoms with E-state index in [2.05, 4.69) is 24.4 Å². The molecule has 0 aliphatic rings. The van der Waals surface area contributed by atoms with Gasteiger partial charge in [-0.25, -0.2) is 0 Å². The van der Waals surface area contributed by atoms with Crippen molar-refractivity contribution >= 4 is 23.5 Å². The third-order valence-electron chi connectivity index (χ3n) is 3.79. The fourth-order valence-corrected chi connectivity index (χ4v) is 3.42. The van der Waals surface area contributed by atoms with E-state index in [1.807, 2.05) is 43.3 Å². The fraction of sp³-hybridized carbons (Fsp3) is 0.300. The number of Topliss-reactive ketones (excluding diaryl/α,β-unsaturated/α-hetero) is 1. The first kappa shape index (κ1) is 18.3. The molecule has 2 rings (SSSR count). The SMILES string of the molecule is CC(=O)NCCc1ccc(C(=O)C(C)Sc2ccccc2C)cc1. The van der Waals surface area contributed by atoms with Crippen LogP contribution in [0.4, 0.5) is 0 Å². The molecule has 1 unspecified atom stereocenters. The molecular formula is C20H23NO2S. The van der Waals surface area contributed by atoms with E-state index in [1.165, 1.54) is 12.5 Å². The summed E-state index contributed by atoms with van der Waals surface area (Å²) in [6, 6.07) is 15.8. The molecule has 0 fully saturated rings. The molecule has 4 heteroatoms. The average molecular weight is 341 g/mol. The van der Waals surface area contributed by atoms with Gasteiger partial charge in [0, 0.05) is 23.9 Å². The second-order valence-electron chi connectivity index (χ2n) is 5.82. The van der Waals surface area contributed by atoms with Gasteiger partial charge in [-0.3, -0.25) is 9.59 Å². The Kier molecular flexibility index (Phi) is 6.62. The first-order valence-electron chi connectivity index (χ1n) is 8.07. The van der Waals surface area contributed by atoms with Crippen LogP contribution in [0.15, 0.2) is 53.4 Å². The van der Waals surface area contributed by atoms with Gasteiger partial charge < -0.3 is 5.32 Å². The summed E-state index contributed by atoms with van der Waals surface area (Å²) in [5.74, 6) is 0.112. The minimum Gasteiger partial charge on any atom is -0.356 e. The lowest BCUT2D eigenvalue weighted by atomic mass is 10.0. The minimum atomic E-state index is -0.128. The van der Waals surface area contributed by atoms with E-state index in [0.29, 0.717) is 6.54 Å². The van der Waals surface area contributed by atoms with Crippen molar-refractivity contribution < 1.29 is 9.59 Å². The van der Waals surface area contributed by atoms with Crippen LogP contribution in [0.5, 0.6) is 0 Å². The maximum absolute atomic E-state index is 12.6. The van der Waals surface area contributed by atoms with Gasteiger partial charge in [-0.1, -0.05) is 42.5 Å². The highest BCUT2D eigenvalue weighted by molar-refractivity contribution is 8.00. The molecule has 0 saturated heterocycles. The van der Waals surface area contributed by atoms with Crippen LogP contribution in [0, 0.1) is 6.92 Å². The number of carbonyl (C=O) groups excluding carboxylic acids is 2. The Hall–Kier alpha value is -2.07. The third-order valence-corrected chi connectivity index (χ3v) is 5.07. The highest BCUT2D eigenvalue weighted by Crippen LogP contribution is 2.28. The summed E-state index contributed by atoms with van der Waals surface area (Å²) in [6.07, 6.45) is 0.765. The van der Waals surface area contributed by atoms with E-state index < -0.39 is 0 Å². The van der Waals surface area contributed by atoms with Crippen molar-refractivity contribution in [2.75, 3.05) is 6.54 Å². The van der Waals surface area contributed by atoms with Crippen LogP contribution < -0.4 is 5.32 Å². The van der Waals surface area contributed by atoms with E-state index in [4.69, 9.17) is 0 Å². The number of hydrogen-bond acceptors (Lipinski definition) is 3. The minimum absolute atomic E-state index is 0.0242. The summed E-state index contributed by atoms with van der Waals surface area (Å²) in [5, 5.41) is 2.64. The summed E-state index contributed by atoms with van der Waals surface area (Å²) in [7, 11) is 0. The Balaban J connectivity index is 1.96. The van der Waals surface area contributed by atoms with Crippen LogP contribution in [-0.4, -0.2) is 23.5 Å². The summed E-state index contributed by atoms with van der Waals surface area (Å²) >= 11 is 1.60. The van der Waals surface area contributed by atoms with Crippen molar-refractivity contribution in [3.63, 3.8) is 0 Å². The molecule has 0 radical (unpaired) electrons. The van der Waals surface area contributed by atoms with E-state index in [0.717, 1.165) is 22.4 Å². The van der Waals surface area contributed by atoms with Crippen LogP contribution >= 0.6 is 11.8 Å². The summed E-state index contributed by atoms with van der Waals surface area (Å²) < 4.78 is 0. The number of amides is 1. The van der Waals surface area contributed by atoms with Crippen LogP contribution in [0.25, 0.3) is 0 Å². The molecule has 0 heterocycles. The number of aryl methyl sites for hydroxylation is 1. The molecule has 0 spiro atoms. The van der Waals surface area contributed by atoms with Crippen molar-refractivity contribution in [3.8, 4) is 0 Å². The van der Waals surface area contributed by atoms with Crippen LogP contribution in [-0.2, 0) is 11.2 Å². The highest BCUT2D eigenvalue weighted by atomic mass is 32.2. The van der Waals surface area contributed by atoms with Gasteiger partial charge in [0.2, 0.25) is 5.91 Å². The van der Waals surface area contributed by atoms with Crippen molar-refractivity contribution in [2.24, 2.45) is 0 Å². The number of carbonyl (C=O) groups is 2. The lowest BCUT2D eigenvalue weighted by Crippen LogP contribution is -2.22. The Labute approximate surface area is 147 Å². The van der Waals surface area contributed by atoms with E-state index in [1.54, 1.807) is 11.8 Å². The number of benzene rings is 2. The second kappa shape index (κ2) is 8.69. The monoisotopic (exact) mass is 341 g/mol. The van der Waals surface area contributed by atoms with Gasteiger partial charge in [0.25, 0.3) is 0 Å². The molecule has 126 valence electrons. The first-order valence-corrected chi connectivity index (χ1v) is 8.95. The summed E-state index contributed by atoms with van der Waals surface area (Å²) in [6.45, 7) is 6.13. The average Bonchev–Trinajstić information content (AvgIpc) is 2.56. The summed E-state index contributed by atoms with van der Waals surface area (Å²) in [4.78, 5) is 24.6. The van der Waals surface area contributed by atoms with Gasteiger partial charge in [-0.05, 0) is 37.5 Å². The topological polar surface area (TPSA) is 46.2 Å². The highest BCUT2D eigenvalue weighted by Gasteiger charge is 2.17. The quantitative estimate of drug-likeness (QED) is 0.611. The van der Waals surface area contributed by atoms with Crippen molar-refractivity contribution in [1.29, 1.82) is 0 Å². The molecule has 1 atom stereocenters.